The molecule has 0 aliphatic rings. The van der Waals surface area contributed by atoms with Crippen LogP contribution < -0.4 is 10.6 Å². The van der Waals surface area contributed by atoms with Crippen LogP contribution in [0.3, 0.4) is 0 Å². The van der Waals surface area contributed by atoms with Crippen molar-refractivity contribution in [2.75, 3.05) is 10.6 Å². The van der Waals surface area contributed by atoms with Gasteiger partial charge >= 0.3 is 0 Å². The molecular weight excluding hydrogens is 411 g/mol. The van der Waals surface area contributed by atoms with Gasteiger partial charge in [-0.3, -0.25) is 4.68 Å². The molecule has 1 aromatic heterocycles. The highest BCUT2D eigenvalue weighted by atomic mass is 35.5. The Bertz CT molecular complexity index is 1020. The summed E-state index contributed by atoms with van der Waals surface area (Å²) in [5.41, 5.74) is 7.15. The number of anilines is 2. The molecule has 2 aromatic carbocycles. The van der Waals surface area contributed by atoms with Crippen LogP contribution in [0.25, 0.3) is 0 Å². The number of rotatable bonds is 4. The van der Waals surface area contributed by atoms with Crippen LogP contribution in [-0.2, 0) is 6.54 Å². The molecule has 0 saturated carbocycles. The first-order chi connectivity index (χ1) is 13.2. The SMILES string of the molecule is Cc1cc(C)cc(NC(=S)Nc2c(C)nn(Cc3ccc(Cl)c(Cl)c3)c2C)c1. The molecule has 0 aliphatic heterocycles. The lowest BCUT2D eigenvalue weighted by Crippen LogP contribution is -2.20. The average molecular weight is 433 g/mol. The van der Waals surface area contributed by atoms with Gasteiger partial charge in [-0.05, 0) is 80.9 Å². The molecule has 0 bridgehead atoms. The van der Waals surface area contributed by atoms with Crippen LogP contribution in [0, 0.1) is 27.7 Å². The number of hydrogen-bond acceptors (Lipinski definition) is 2. The summed E-state index contributed by atoms with van der Waals surface area (Å²) in [6.07, 6.45) is 0. The van der Waals surface area contributed by atoms with E-state index in [-0.39, 0.29) is 0 Å². The van der Waals surface area contributed by atoms with Gasteiger partial charge in [-0.2, -0.15) is 5.10 Å². The second-order valence-electron chi connectivity index (χ2n) is 6.91. The van der Waals surface area contributed by atoms with Crippen molar-refractivity contribution in [3.05, 3.63) is 74.5 Å². The molecule has 0 spiro atoms. The molecule has 3 rings (SSSR count). The lowest BCUT2D eigenvalue weighted by Gasteiger charge is -2.12. The van der Waals surface area contributed by atoms with E-state index in [0.717, 1.165) is 28.3 Å². The third-order valence-electron chi connectivity index (χ3n) is 4.42. The van der Waals surface area contributed by atoms with Gasteiger partial charge in [-0.25, -0.2) is 0 Å². The summed E-state index contributed by atoms with van der Waals surface area (Å²) in [6, 6.07) is 11.9. The topological polar surface area (TPSA) is 41.9 Å². The molecule has 28 heavy (non-hydrogen) atoms. The van der Waals surface area contributed by atoms with Crippen LogP contribution in [0.15, 0.2) is 36.4 Å². The Balaban J connectivity index is 1.75. The van der Waals surface area contributed by atoms with E-state index in [2.05, 4.69) is 47.8 Å². The molecule has 0 atom stereocenters. The van der Waals surface area contributed by atoms with Gasteiger partial charge in [0.15, 0.2) is 5.11 Å². The molecule has 0 radical (unpaired) electrons. The lowest BCUT2D eigenvalue weighted by atomic mass is 10.1. The number of aromatic nitrogens is 2. The van der Waals surface area contributed by atoms with Gasteiger partial charge < -0.3 is 10.6 Å². The maximum absolute atomic E-state index is 6.13. The van der Waals surface area contributed by atoms with Crippen molar-refractivity contribution < 1.29 is 0 Å². The van der Waals surface area contributed by atoms with Crippen molar-refractivity contribution in [3.63, 3.8) is 0 Å². The third-order valence-corrected chi connectivity index (χ3v) is 5.36. The highest BCUT2D eigenvalue weighted by Gasteiger charge is 2.14. The van der Waals surface area contributed by atoms with E-state index in [1.807, 2.05) is 30.7 Å². The molecule has 0 amide bonds. The van der Waals surface area contributed by atoms with Crippen molar-refractivity contribution in [2.24, 2.45) is 0 Å². The molecule has 0 aliphatic carbocycles. The van der Waals surface area contributed by atoms with Gasteiger partial charge in [0.2, 0.25) is 0 Å². The highest BCUT2D eigenvalue weighted by molar-refractivity contribution is 7.80. The van der Waals surface area contributed by atoms with Crippen LogP contribution in [0.5, 0.6) is 0 Å². The smallest absolute Gasteiger partial charge is 0.175 e. The van der Waals surface area contributed by atoms with E-state index in [1.54, 1.807) is 6.07 Å². The second-order valence-corrected chi connectivity index (χ2v) is 8.13. The summed E-state index contributed by atoms with van der Waals surface area (Å²) >= 11 is 17.6. The number of thiocarbonyl (C=S) groups is 1. The Hall–Kier alpha value is -2.08. The maximum atomic E-state index is 6.13. The average Bonchev–Trinajstić information content (AvgIpc) is 2.84. The van der Waals surface area contributed by atoms with Crippen LogP contribution >= 0.6 is 35.4 Å². The van der Waals surface area contributed by atoms with Crippen LogP contribution in [0.4, 0.5) is 11.4 Å². The molecule has 1 heterocycles. The minimum atomic E-state index is 0.533. The predicted molar refractivity (Wildman–Crippen MR) is 123 cm³/mol. The van der Waals surface area contributed by atoms with Crippen molar-refractivity contribution in [1.82, 2.24) is 9.78 Å². The van der Waals surface area contributed by atoms with E-state index in [4.69, 9.17) is 35.4 Å². The third kappa shape index (κ3) is 4.85. The van der Waals surface area contributed by atoms with E-state index in [9.17, 15) is 0 Å². The molecule has 2 N–H and O–H groups in total. The monoisotopic (exact) mass is 432 g/mol. The van der Waals surface area contributed by atoms with Gasteiger partial charge in [-0.1, -0.05) is 35.3 Å². The fourth-order valence-electron chi connectivity index (χ4n) is 3.17. The molecule has 0 saturated heterocycles. The Morgan fingerprint density at radius 3 is 2.29 bits per heavy atom. The van der Waals surface area contributed by atoms with Crippen LogP contribution in [0.2, 0.25) is 10.0 Å². The number of benzene rings is 2. The van der Waals surface area contributed by atoms with Crippen LogP contribution in [-0.4, -0.2) is 14.9 Å². The Labute approximate surface area is 180 Å². The van der Waals surface area contributed by atoms with Crippen LogP contribution in [0.1, 0.15) is 28.1 Å². The maximum Gasteiger partial charge on any atom is 0.175 e. The first-order valence-electron chi connectivity index (χ1n) is 8.87. The van der Waals surface area contributed by atoms with E-state index in [0.29, 0.717) is 21.7 Å². The van der Waals surface area contributed by atoms with E-state index < -0.39 is 0 Å². The summed E-state index contributed by atoms with van der Waals surface area (Å²) in [5.74, 6) is 0. The summed E-state index contributed by atoms with van der Waals surface area (Å²) < 4.78 is 1.93. The summed E-state index contributed by atoms with van der Waals surface area (Å²) in [7, 11) is 0. The standard InChI is InChI=1S/C21H22Cl2N4S/c1-12-7-13(2)9-17(8-12)24-21(28)25-20-14(3)26-27(15(20)4)11-16-5-6-18(22)19(23)10-16/h5-10H,11H2,1-4H3,(H2,24,25,28). The van der Waals surface area contributed by atoms with Gasteiger partial charge in [0, 0.05) is 5.69 Å². The van der Waals surface area contributed by atoms with Crippen molar-refractivity contribution in [3.8, 4) is 0 Å². The largest absolute Gasteiger partial charge is 0.332 e. The first-order valence-corrected chi connectivity index (χ1v) is 10.0. The van der Waals surface area contributed by atoms with E-state index in [1.165, 1.54) is 11.1 Å². The summed E-state index contributed by atoms with van der Waals surface area (Å²) in [6.45, 7) is 8.70. The zero-order valence-electron chi connectivity index (χ0n) is 16.2. The van der Waals surface area contributed by atoms with Gasteiger partial charge in [0.05, 0.1) is 33.7 Å². The number of nitrogens with zero attached hydrogens (tertiary/aromatic N) is 2. The fourth-order valence-corrected chi connectivity index (χ4v) is 3.71. The molecular formula is C21H22Cl2N4S. The molecule has 7 heteroatoms. The number of aryl methyl sites for hydroxylation is 3. The second kappa shape index (κ2) is 8.52. The Kier molecular flexibility index (Phi) is 6.28. The first kappa shape index (κ1) is 20.6. The lowest BCUT2D eigenvalue weighted by molar-refractivity contribution is 0.659. The van der Waals surface area contributed by atoms with Gasteiger partial charge in [-0.15, -0.1) is 0 Å². The van der Waals surface area contributed by atoms with E-state index >= 15 is 0 Å². The van der Waals surface area contributed by atoms with Crippen molar-refractivity contribution >= 4 is 51.9 Å². The Morgan fingerprint density at radius 1 is 0.964 bits per heavy atom. The highest BCUT2D eigenvalue weighted by Crippen LogP contribution is 2.25. The molecule has 3 aromatic rings. The predicted octanol–water partition coefficient (Wildman–Crippen LogP) is 6.28. The number of nitrogens with one attached hydrogen (secondary N) is 2. The number of halogens is 2. The molecule has 146 valence electrons. The minimum Gasteiger partial charge on any atom is -0.332 e. The molecule has 0 unspecified atom stereocenters. The fraction of sp³-hybridized carbons (Fsp3) is 0.238. The molecule has 0 fully saturated rings. The molecule has 4 nitrogen and oxygen atoms in total. The summed E-state index contributed by atoms with van der Waals surface area (Å²) in [4.78, 5) is 0. The van der Waals surface area contributed by atoms with Gasteiger partial charge in [0.1, 0.15) is 0 Å². The normalized spacial score (nSPS) is 10.8. The minimum absolute atomic E-state index is 0.533. The van der Waals surface area contributed by atoms with Crippen molar-refractivity contribution in [1.29, 1.82) is 0 Å². The summed E-state index contributed by atoms with van der Waals surface area (Å²) in [5, 5.41) is 12.8. The quantitative estimate of drug-likeness (QED) is 0.475. The van der Waals surface area contributed by atoms with Crippen molar-refractivity contribution in [2.45, 2.75) is 34.2 Å². The Morgan fingerprint density at radius 2 is 1.64 bits per heavy atom. The zero-order valence-corrected chi connectivity index (χ0v) is 18.6. The number of hydrogen-bond donors (Lipinski definition) is 2. The zero-order chi connectivity index (χ0) is 20.4. The van der Waals surface area contributed by atoms with Gasteiger partial charge in [0.25, 0.3) is 0 Å².